The van der Waals surface area contributed by atoms with Crippen LogP contribution >= 0.6 is 0 Å². The van der Waals surface area contributed by atoms with E-state index in [1.54, 1.807) is 24.3 Å². The minimum atomic E-state index is -1.17. The summed E-state index contributed by atoms with van der Waals surface area (Å²) >= 11 is 0. The molecule has 3 atom stereocenters. The predicted octanol–water partition coefficient (Wildman–Crippen LogP) is 4.24. The second kappa shape index (κ2) is 14.0. The Morgan fingerprint density at radius 3 is 2.41 bits per heavy atom. The second-order valence-corrected chi connectivity index (χ2v) is 10.0. The number of hydrogen-bond acceptors (Lipinski definition) is 5. The lowest BCUT2D eigenvalue weighted by Crippen LogP contribution is -2.42. The highest BCUT2D eigenvalue weighted by Crippen LogP contribution is 2.38. The van der Waals surface area contributed by atoms with Gasteiger partial charge in [-0.3, -0.25) is 4.79 Å². The molecule has 0 fully saturated rings. The Balaban J connectivity index is 1.77. The average Bonchev–Trinajstić information content (AvgIpc) is 3.21. The largest absolute Gasteiger partial charge is 0.480 e. The molecule has 0 saturated carbocycles. The van der Waals surface area contributed by atoms with Crippen molar-refractivity contribution in [3.63, 3.8) is 0 Å². The van der Waals surface area contributed by atoms with Crippen LogP contribution in [-0.2, 0) is 9.59 Å². The normalized spacial score (nSPS) is 14.1. The van der Waals surface area contributed by atoms with Crippen molar-refractivity contribution < 1.29 is 29.3 Å². The third-order valence-corrected chi connectivity index (χ3v) is 6.59. The van der Waals surface area contributed by atoms with Crippen LogP contribution in [0.1, 0.15) is 57.7 Å². The van der Waals surface area contributed by atoms with Gasteiger partial charge in [-0.05, 0) is 69.5 Å². The molecule has 0 spiro atoms. The number of rotatable bonds is 14. The summed E-state index contributed by atoms with van der Waals surface area (Å²) < 4.78 is 15.8. The molecule has 1 amide bonds. The quantitative estimate of drug-likeness (QED) is 0.194. The summed E-state index contributed by atoms with van der Waals surface area (Å²) in [7, 11) is 0. The number of aromatic nitrogens is 1. The van der Waals surface area contributed by atoms with Crippen molar-refractivity contribution in [3.8, 4) is 11.1 Å². The number of aliphatic hydroxyl groups excluding tert-OH is 2. The van der Waals surface area contributed by atoms with Crippen molar-refractivity contribution >= 4 is 28.9 Å². The summed E-state index contributed by atoms with van der Waals surface area (Å²) in [6, 6.07) is 13.2. The summed E-state index contributed by atoms with van der Waals surface area (Å²) in [6.07, 6.45) is 2.14. The molecule has 3 aromatic rings. The number of hydrogen-bond donors (Lipinski definition) is 5. The van der Waals surface area contributed by atoms with E-state index in [1.165, 1.54) is 12.1 Å². The van der Waals surface area contributed by atoms with Crippen molar-refractivity contribution in [2.75, 3.05) is 6.54 Å². The molecule has 0 saturated heterocycles. The number of carbonyl (C=O) groups excluding carboxylic acids is 1. The van der Waals surface area contributed by atoms with E-state index in [1.807, 2.05) is 24.3 Å². The molecule has 210 valence electrons. The molecule has 1 heterocycles. The number of unbranched alkanes of at least 4 members (excludes halogenated alkanes) is 1. The third-order valence-electron chi connectivity index (χ3n) is 6.59. The van der Waals surface area contributed by atoms with Gasteiger partial charge in [-0.1, -0.05) is 36.4 Å². The van der Waals surface area contributed by atoms with Crippen LogP contribution in [0.5, 0.6) is 0 Å². The molecule has 0 bridgehead atoms. The Morgan fingerprint density at radius 1 is 1.08 bits per heavy atom. The summed E-state index contributed by atoms with van der Waals surface area (Å²) in [6.45, 7) is 4.54. The van der Waals surface area contributed by atoms with Gasteiger partial charge in [-0.15, -0.1) is 0 Å². The monoisotopic (exact) mass is 539 g/mol. The Bertz CT molecular complexity index is 1290. The van der Waals surface area contributed by atoms with Gasteiger partial charge in [-0.25, -0.2) is 9.18 Å². The number of carboxylic acids is 1. The second-order valence-electron chi connectivity index (χ2n) is 10.0. The van der Waals surface area contributed by atoms with E-state index < -0.39 is 30.1 Å². The minimum absolute atomic E-state index is 0.0854. The van der Waals surface area contributed by atoms with Gasteiger partial charge in [-0.2, -0.15) is 0 Å². The van der Waals surface area contributed by atoms with E-state index >= 15 is 0 Å². The number of carboxylic acid groups (broad SMARTS) is 1. The lowest BCUT2D eigenvalue weighted by Gasteiger charge is -2.17. The molecule has 9 heteroatoms. The number of benzene rings is 2. The smallest absolute Gasteiger partial charge is 0.326 e. The number of nitrogens with zero attached hydrogens (tertiary/aromatic N) is 1. The first kappa shape index (κ1) is 30.0. The molecule has 0 radical (unpaired) electrons. The number of nitrogens with two attached hydrogens (primary N) is 1. The van der Waals surface area contributed by atoms with Crippen LogP contribution in [0.25, 0.3) is 28.1 Å². The maximum absolute atomic E-state index is 13.7. The minimum Gasteiger partial charge on any atom is -0.480 e. The number of carbonyl (C=O) groups is 2. The van der Waals surface area contributed by atoms with Crippen molar-refractivity contribution in [1.29, 1.82) is 0 Å². The van der Waals surface area contributed by atoms with Gasteiger partial charge in [0.1, 0.15) is 11.9 Å². The SMILES string of the molecule is CC(C)n1c(C=C[C@H](O)C[C@H](O)CC(=O)NC(CCCCN)C(=O)O)c(-c2ccc(F)cc2)c2ccccc21. The summed E-state index contributed by atoms with van der Waals surface area (Å²) in [5, 5.41) is 33.8. The number of halogens is 1. The topological polar surface area (TPSA) is 138 Å². The molecular weight excluding hydrogens is 501 g/mol. The maximum atomic E-state index is 13.7. The van der Waals surface area contributed by atoms with Crippen LogP contribution < -0.4 is 11.1 Å². The first-order chi connectivity index (χ1) is 18.6. The third kappa shape index (κ3) is 7.98. The molecule has 39 heavy (non-hydrogen) atoms. The molecule has 6 N–H and O–H groups in total. The number of amides is 1. The number of para-hydroxylation sites is 1. The summed E-state index contributed by atoms with van der Waals surface area (Å²) in [4.78, 5) is 23.7. The van der Waals surface area contributed by atoms with Crippen molar-refractivity contribution in [2.24, 2.45) is 5.73 Å². The fourth-order valence-corrected chi connectivity index (χ4v) is 4.78. The average molecular weight is 540 g/mol. The van der Waals surface area contributed by atoms with E-state index in [4.69, 9.17) is 5.73 Å². The van der Waals surface area contributed by atoms with Crippen LogP contribution in [-0.4, -0.2) is 56.6 Å². The molecule has 1 aromatic heterocycles. The van der Waals surface area contributed by atoms with E-state index in [2.05, 4.69) is 23.7 Å². The standard InChI is InChI=1S/C30H38FN3O5/c1-19(2)34-26-9-4-3-7-24(26)29(20-10-12-21(31)13-11-20)27(34)15-14-22(35)17-23(36)18-28(37)33-25(30(38)39)8-5-6-16-32/h3-4,7,9-15,19,22-23,25,35-36H,5-6,8,16-18,32H2,1-2H3,(H,33,37)(H,38,39)/t22-,23-,25?/m0/s1. The highest BCUT2D eigenvalue weighted by Gasteiger charge is 2.22. The van der Waals surface area contributed by atoms with Crippen molar-refractivity contribution in [3.05, 3.63) is 66.1 Å². The number of aliphatic carboxylic acids is 1. The highest BCUT2D eigenvalue weighted by molar-refractivity contribution is 6.01. The first-order valence-electron chi connectivity index (χ1n) is 13.3. The van der Waals surface area contributed by atoms with Gasteiger partial charge in [0.05, 0.1) is 18.6 Å². The van der Waals surface area contributed by atoms with E-state index in [0.717, 1.165) is 27.7 Å². The predicted molar refractivity (Wildman–Crippen MR) is 150 cm³/mol. The number of fused-ring (bicyclic) bond motifs is 1. The van der Waals surface area contributed by atoms with Crippen LogP contribution in [0, 0.1) is 5.82 Å². The van der Waals surface area contributed by atoms with Crippen LogP contribution in [0.4, 0.5) is 4.39 Å². The van der Waals surface area contributed by atoms with Gasteiger partial charge in [0.15, 0.2) is 0 Å². The molecule has 1 unspecified atom stereocenters. The van der Waals surface area contributed by atoms with Crippen LogP contribution in [0.2, 0.25) is 0 Å². The fourth-order valence-electron chi connectivity index (χ4n) is 4.78. The highest BCUT2D eigenvalue weighted by atomic mass is 19.1. The van der Waals surface area contributed by atoms with Gasteiger partial charge in [0.2, 0.25) is 5.91 Å². The number of aliphatic hydroxyl groups is 2. The molecule has 2 aromatic carbocycles. The Kier molecular flexibility index (Phi) is 10.8. The molecule has 8 nitrogen and oxygen atoms in total. The molecule has 0 aliphatic heterocycles. The van der Waals surface area contributed by atoms with Crippen molar-refractivity contribution in [2.45, 2.75) is 70.2 Å². The summed E-state index contributed by atoms with van der Waals surface area (Å²) in [5.74, 6) is -2.07. The van der Waals surface area contributed by atoms with E-state index in [-0.39, 0.29) is 31.1 Å². The zero-order valence-electron chi connectivity index (χ0n) is 22.4. The lowest BCUT2D eigenvalue weighted by atomic mass is 10.0. The van der Waals surface area contributed by atoms with Gasteiger partial charge < -0.3 is 30.9 Å². The molecule has 0 aliphatic rings. The Hall–Kier alpha value is -3.53. The lowest BCUT2D eigenvalue weighted by molar-refractivity contribution is -0.142. The molecule has 0 aliphatic carbocycles. The number of nitrogens with one attached hydrogen (secondary N) is 1. The maximum Gasteiger partial charge on any atom is 0.326 e. The summed E-state index contributed by atoms with van der Waals surface area (Å²) in [5.41, 5.74) is 8.99. The fraction of sp³-hybridized carbons (Fsp3) is 0.400. The Morgan fingerprint density at radius 2 is 1.77 bits per heavy atom. The van der Waals surface area contributed by atoms with Crippen LogP contribution in [0.3, 0.4) is 0 Å². The first-order valence-corrected chi connectivity index (χ1v) is 13.3. The molecular formula is C30H38FN3O5. The van der Waals surface area contributed by atoms with Gasteiger partial charge in [0.25, 0.3) is 0 Å². The zero-order chi connectivity index (χ0) is 28.5. The van der Waals surface area contributed by atoms with E-state index in [0.29, 0.717) is 19.4 Å². The van der Waals surface area contributed by atoms with Crippen LogP contribution in [0.15, 0.2) is 54.6 Å². The van der Waals surface area contributed by atoms with Gasteiger partial charge in [0, 0.05) is 34.6 Å². The molecule has 3 rings (SSSR count). The van der Waals surface area contributed by atoms with E-state index in [9.17, 15) is 29.3 Å². The zero-order valence-corrected chi connectivity index (χ0v) is 22.4. The van der Waals surface area contributed by atoms with Gasteiger partial charge >= 0.3 is 5.97 Å². The Labute approximate surface area is 227 Å². The van der Waals surface area contributed by atoms with Crippen molar-refractivity contribution in [1.82, 2.24) is 9.88 Å².